The number of amides is 3. The van der Waals surface area contributed by atoms with Gasteiger partial charge in [0.25, 0.3) is 11.8 Å². The van der Waals surface area contributed by atoms with Gasteiger partial charge in [0.05, 0.1) is 12.4 Å². The lowest BCUT2D eigenvalue weighted by Gasteiger charge is -2.13. The van der Waals surface area contributed by atoms with Crippen molar-refractivity contribution in [1.82, 2.24) is 5.32 Å². The molecule has 0 bridgehead atoms. The van der Waals surface area contributed by atoms with E-state index in [-0.39, 0.29) is 17.4 Å². The molecule has 3 amide bonds. The number of hydrogen-bond acceptors (Lipinski definition) is 5. The Labute approximate surface area is 256 Å². The SMILES string of the molecule is CCOc1ccccc1/C=C(/NC(=O)c1ccccc1)C(=O)Nc1cccc(SCC(=O)Nc2ccc(I)cc2)c1. The van der Waals surface area contributed by atoms with Gasteiger partial charge in [-0.1, -0.05) is 42.5 Å². The molecule has 0 saturated carbocycles. The number of carbonyl (C=O) groups is 3. The van der Waals surface area contributed by atoms with Crippen molar-refractivity contribution in [2.45, 2.75) is 11.8 Å². The van der Waals surface area contributed by atoms with Crippen LogP contribution in [-0.2, 0) is 9.59 Å². The van der Waals surface area contributed by atoms with Crippen LogP contribution in [0.15, 0.2) is 114 Å². The molecule has 0 aliphatic carbocycles. The van der Waals surface area contributed by atoms with Crippen LogP contribution in [0.2, 0.25) is 0 Å². The fourth-order valence-electron chi connectivity index (χ4n) is 3.73. The summed E-state index contributed by atoms with van der Waals surface area (Å²) < 4.78 is 6.79. The maximum Gasteiger partial charge on any atom is 0.272 e. The molecule has 0 atom stereocenters. The maximum absolute atomic E-state index is 13.5. The van der Waals surface area contributed by atoms with Gasteiger partial charge in [0, 0.05) is 31.0 Å². The van der Waals surface area contributed by atoms with E-state index in [4.69, 9.17) is 4.74 Å². The van der Waals surface area contributed by atoms with E-state index in [1.54, 1.807) is 54.6 Å². The van der Waals surface area contributed by atoms with Gasteiger partial charge in [-0.2, -0.15) is 0 Å². The van der Waals surface area contributed by atoms with Gasteiger partial charge >= 0.3 is 0 Å². The van der Waals surface area contributed by atoms with Crippen LogP contribution in [0.4, 0.5) is 11.4 Å². The number of ether oxygens (including phenoxy) is 1. The van der Waals surface area contributed by atoms with E-state index in [0.29, 0.717) is 29.2 Å². The molecule has 4 aromatic carbocycles. The molecule has 4 aromatic rings. The van der Waals surface area contributed by atoms with E-state index in [9.17, 15) is 14.4 Å². The van der Waals surface area contributed by atoms with Gasteiger partial charge in [-0.3, -0.25) is 14.4 Å². The number of para-hydroxylation sites is 1. The van der Waals surface area contributed by atoms with E-state index in [1.807, 2.05) is 61.5 Å². The van der Waals surface area contributed by atoms with Crippen molar-refractivity contribution >= 4 is 69.5 Å². The summed E-state index contributed by atoms with van der Waals surface area (Å²) in [6.07, 6.45) is 1.59. The van der Waals surface area contributed by atoms with Crippen LogP contribution in [0.5, 0.6) is 5.75 Å². The van der Waals surface area contributed by atoms with E-state index >= 15 is 0 Å². The molecular formula is C32H28IN3O4S. The minimum atomic E-state index is -0.501. The second kappa shape index (κ2) is 15.1. The molecule has 0 spiro atoms. The third-order valence-electron chi connectivity index (χ3n) is 5.64. The largest absolute Gasteiger partial charge is 0.493 e. The molecule has 0 aliphatic rings. The smallest absolute Gasteiger partial charge is 0.272 e. The summed E-state index contributed by atoms with van der Waals surface area (Å²) in [6.45, 7) is 2.33. The standard InChI is InChI=1S/C32H28IN3O4S/c1-2-40-29-14-7-6-11-23(29)19-28(36-31(38)22-9-4-3-5-10-22)32(39)35-26-12-8-13-27(20-26)41-21-30(37)34-25-17-15-24(33)16-18-25/h3-20H,2,21H2,1H3,(H,34,37)(H,35,39)(H,36,38)/b28-19+. The molecule has 41 heavy (non-hydrogen) atoms. The Bertz CT molecular complexity index is 1540. The molecule has 3 N–H and O–H groups in total. The van der Waals surface area contributed by atoms with Gasteiger partial charge in [-0.05, 0) is 96.3 Å². The third kappa shape index (κ3) is 9.22. The Morgan fingerprint density at radius 1 is 0.829 bits per heavy atom. The molecule has 208 valence electrons. The summed E-state index contributed by atoms with van der Waals surface area (Å²) in [5, 5.41) is 8.49. The predicted octanol–water partition coefficient (Wildman–Crippen LogP) is 6.83. The highest BCUT2D eigenvalue weighted by Gasteiger charge is 2.16. The van der Waals surface area contributed by atoms with Gasteiger partial charge in [0.15, 0.2) is 0 Å². The first kappa shape index (κ1) is 29.9. The van der Waals surface area contributed by atoms with Gasteiger partial charge < -0.3 is 20.7 Å². The first-order chi connectivity index (χ1) is 19.9. The minimum absolute atomic E-state index is 0.0564. The number of carbonyl (C=O) groups excluding carboxylic acids is 3. The van der Waals surface area contributed by atoms with E-state index in [2.05, 4.69) is 38.5 Å². The monoisotopic (exact) mass is 677 g/mol. The van der Waals surface area contributed by atoms with Crippen LogP contribution < -0.4 is 20.7 Å². The molecule has 7 nitrogen and oxygen atoms in total. The van der Waals surface area contributed by atoms with Crippen molar-refractivity contribution in [3.8, 4) is 5.75 Å². The predicted molar refractivity (Wildman–Crippen MR) is 173 cm³/mol. The molecular weight excluding hydrogens is 649 g/mol. The van der Waals surface area contributed by atoms with E-state index in [0.717, 1.165) is 14.2 Å². The summed E-state index contributed by atoms with van der Waals surface area (Å²) >= 11 is 3.56. The number of thioether (sulfide) groups is 1. The van der Waals surface area contributed by atoms with Crippen LogP contribution in [0.3, 0.4) is 0 Å². The number of halogens is 1. The summed E-state index contributed by atoms with van der Waals surface area (Å²) in [5.74, 6) is -0.247. The van der Waals surface area contributed by atoms with Crippen molar-refractivity contribution in [1.29, 1.82) is 0 Å². The average Bonchev–Trinajstić information content (AvgIpc) is 2.98. The molecule has 0 aliphatic heterocycles. The first-order valence-corrected chi connectivity index (χ1v) is 14.9. The van der Waals surface area contributed by atoms with Crippen molar-refractivity contribution < 1.29 is 19.1 Å². The zero-order valence-electron chi connectivity index (χ0n) is 22.2. The molecule has 0 heterocycles. The van der Waals surface area contributed by atoms with Crippen LogP contribution in [0, 0.1) is 3.57 Å². The Kier molecular flexibility index (Phi) is 11.0. The van der Waals surface area contributed by atoms with Crippen molar-refractivity contribution in [3.05, 3.63) is 124 Å². The molecule has 4 rings (SSSR count). The molecule has 0 saturated heterocycles. The van der Waals surface area contributed by atoms with Gasteiger partial charge in [0.2, 0.25) is 5.91 Å². The highest BCUT2D eigenvalue weighted by Crippen LogP contribution is 2.24. The number of rotatable bonds is 11. The van der Waals surface area contributed by atoms with Crippen LogP contribution >= 0.6 is 34.4 Å². The first-order valence-electron chi connectivity index (χ1n) is 12.8. The lowest BCUT2D eigenvalue weighted by molar-refractivity contribution is -0.114. The Morgan fingerprint density at radius 3 is 2.32 bits per heavy atom. The van der Waals surface area contributed by atoms with Gasteiger partial charge in [-0.15, -0.1) is 11.8 Å². The van der Waals surface area contributed by atoms with E-state index in [1.165, 1.54) is 11.8 Å². The molecule has 0 unspecified atom stereocenters. The highest BCUT2D eigenvalue weighted by atomic mass is 127. The van der Waals surface area contributed by atoms with Gasteiger partial charge in [-0.25, -0.2) is 0 Å². The minimum Gasteiger partial charge on any atom is -0.493 e. The van der Waals surface area contributed by atoms with Crippen LogP contribution in [0.25, 0.3) is 6.08 Å². The number of nitrogens with one attached hydrogen (secondary N) is 3. The van der Waals surface area contributed by atoms with Crippen molar-refractivity contribution in [2.24, 2.45) is 0 Å². The van der Waals surface area contributed by atoms with Crippen molar-refractivity contribution in [3.63, 3.8) is 0 Å². The van der Waals surface area contributed by atoms with Crippen molar-refractivity contribution in [2.75, 3.05) is 23.0 Å². The summed E-state index contributed by atoms with van der Waals surface area (Å²) in [6, 6.07) is 30.7. The normalized spacial score (nSPS) is 10.9. The lowest BCUT2D eigenvalue weighted by atomic mass is 10.1. The maximum atomic E-state index is 13.5. The van der Waals surface area contributed by atoms with Gasteiger partial charge in [0.1, 0.15) is 11.4 Å². The van der Waals surface area contributed by atoms with E-state index < -0.39 is 11.8 Å². The average molecular weight is 678 g/mol. The quantitative estimate of drug-likeness (QED) is 0.0920. The Balaban J connectivity index is 1.48. The highest BCUT2D eigenvalue weighted by molar-refractivity contribution is 14.1. The molecule has 0 fully saturated rings. The van der Waals surface area contributed by atoms with Crippen LogP contribution in [0.1, 0.15) is 22.8 Å². The third-order valence-corrected chi connectivity index (χ3v) is 7.35. The number of anilines is 2. The zero-order valence-corrected chi connectivity index (χ0v) is 25.2. The summed E-state index contributed by atoms with van der Waals surface area (Å²) in [4.78, 5) is 39.6. The molecule has 0 radical (unpaired) electrons. The lowest BCUT2D eigenvalue weighted by Crippen LogP contribution is -2.30. The second-order valence-electron chi connectivity index (χ2n) is 8.67. The second-order valence-corrected chi connectivity index (χ2v) is 11.0. The Morgan fingerprint density at radius 2 is 1.56 bits per heavy atom. The topological polar surface area (TPSA) is 96.5 Å². The fraction of sp³-hybridized carbons (Fsp3) is 0.0938. The molecule has 9 heteroatoms. The zero-order chi connectivity index (χ0) is 29.0. The van der Waals surface area contributed by atoms with Crippen LogP contribution in [-0.4, -0.2) is 30.1 Å². The number of hydrogen-bond donors (Lipinski definition) is 3. The molecule has 0 aromatic heterocycles. The summed E-state index contributed by atoms with van der Waals surface area (Å²) in [5.41, 5.74) is 2.39. The summed E-state index contributed by atoms with van der Waals surface area (Å²) in [7, 11) is 0. The number of benzene rings is 4. The fourth-order valence-corrected chi connectivity index (χ4v) is 4.84. The Hall–Kier alpha value is -4.09.